The molecule has 0 atom stereocenters. The number of carbonyl (C=O) groups excluding carboxylic acids is 1. The quantitative estimate of drug-likeness (QED) is 0.582. The highest BCUT2D eigenvalue weighted by atomic mass is 127. The van der Waals surface area contributed by atoms with Gasteiger partial charge in [0.2, 0.25) is 0 Å². The maximum absolute atomic E-state index is 12.0. The summed E-state index contributed by atoms with van der Waals surface area (Å²) in [7, 11) is 0. The van der Waals surface area contributed by atoms with Crippen molar-refractivity contribution in [3.8, 4) is 0 Å². The molecule has 0 radical (unpaired) electrons. The number of rotatable bonds is 3. The molecular weight excluding hydrogens is 405 g/mol. The number of hydrogen-bond acceptors (Lipinski definition) is 1. The highest BCUT2D eigenvalue weighted by Crippen LogP contribution is 2.15. The van der Waals surface area contributed by atoms with Crippen LogP contribution in [0.5, 0.6) is 0 Å². The Morgan fingerprint density at radius 2 is 1.89 bits per heavy atom. The van der Waals surface area contributed by atoms with Crippen molar-refractivity contribution in [1.29, 1.82) is 0 Å². The predicted octanol–water partition coefficient (Wildman–Crippen LogP) is 4.44. The lowest BCUT2D eigenvalue weighted by molar-refractivity contribution is 0.102. The number of nitrogens with one attached hydrogen (secondary N) is 1. The van der Waals surface area contributed by atoms with Gasteiger partial charge in [-0.25, -0.2) is 0 Å². The molecular formula is C14H11BrINO. The van der Waals surface area contributed by atoms with E-state index >= 15 is 0 Å². The van der Waals surface area contributed by atoms with Crippen LogP contribution in [0.4, 0.5) is 5.69 Å². The Morgan fingerprint density at radius 1 is 1.17 bits per heavy atom. The molecule has 2 nitrogen and oxygen atoms in total. The first-order valence-corrected chi connectivity index (χ1v) is 7.61. The van der Waals surface area contributed by atoms with Gasteiger partial charge in [-0.1, -0.05) is 28.1 Å². The molecule has 0 aliphatic heterocycles. The van der Waals surface area contributed by atoms with E-state index in [1.807, 2.05) is 48.5 Å². The third-order valence-corrected chi connectivity index (χ3v) is 3.81. The Balaban J connectivity index is 2.13. The summed E-state index contributed by atoms with van der Waals surface area (Å²) in [5.74, 6) is -0.0851. The van der Waals surface area contributed by atoms with E-state index in [-0.39, 0.29) is 5.91 Å². The van der Waals surface area contributed by atoms with Crippen LogP contribution in [0.3, 0.4) is 0 Å². The first-order chi connectivity index (χ1) is 8.69. The first kappa shape index (κ1) is 13.5. The molecule has 0 spiro atoms. The molecule has 0 aromatic heterocycles. The smallest absolute Gasteiger partial charge is 0.255 e. The van der Waals surface area contributed by atoms with Crippen molar-refractivity contribution in [1.82, 2.24) is 0 Å². The van der Waals surface area contributed by atoms with Crippen LogP contribution in [0, 0.1) is 3.57 Å². The molecule has 2 rings (SSSR count). The van der Waals surface area contributed by atoms with Crippen LogP contribution in [0.2, 0.25) is 0 Å². The number of amides is 1. The Labute approximate surface area is 128 Å². The van der Waals surface area contributed by atoms with Crippen molar-refractivity contribution < 1.29 is 4.79 Å². The lowest BCUT2D eigenvalue weighted by Gasteiger charge is -2.06. The highest BCUT2D eigenvalue weighted by Gasteiger charge is 2.05. The Hall–Kier alpha value is -0.880. The molecule has 2 aromatic carbocycles. The zero-order valence-electron chi connectivity index (χ0n) is 9.49. The van der Waals surface area contributed by atoms with Gasteiger partial charge in [-0.2, -0.15) is 0 Å². The second-order valence-corrected chi connectivity index (χ2v) is 5.60. The van der Waals surface area contributed by atoms with E-state index in [0.29, 0.717) is 5.56 Å². The number of alkyl halides is 1. The standard InChI is InChI=1S/C14H11BrINO/c15-9-10-2-1-3-13(8-10)17-14(18)11-4-6-12(16)7-5-11/h1-8H,9H2,(H,17,18). The number of anilines is 1. The van der Waals surface area contributed by atoms with E-state index in [1.165, 1.54) is 0 Å². The summed E-state index contributed by atoms with van der Waals surface area (Å²) in [5, 5.41) is 3.67. The fraction of sp³-hybridized carbons (Fsp3) is 0.0714. The molecule has 0 aliphatic carbocycles. The summed E-state index contributed by atoms with van der Waals surface area (Å²) >= 11 is 5.61. The molecule has 0 unspecified atom stereocenters. The van der Waals surface area contributed by atoms with Crippen molar-refractivity contribution in [3.05, 3.63) is 63.2 Å². The van der Waals surface area contributed by atoms with Crippen LogP contribution >= 0.6 is 38.5 Å². The number of benzene rings is 2. The maximum Gasteiger partial charge on any atom is 0.255 e. The van der Waals surface area contributed by atoms with Crippen LogP contribution in [-0.4, -0.2) is 5.91 Å². The first-order valence-electron chi connectivity index (χ1n) is 5.41. The third-order valence-electron chi connectivity index (χ3n) is 2.45. The van der Waals surface area contributed by atoms with Crippen LogP contribution < -0.4 is 5.32 Å². The van der Waals surface area contributed by atoms with Crippen LogP contribution in [0.1, 0.15) is 15.9 Å². The SMILES string of the molecule is O=C(Nc1cccc(CBr)c1)c1ccc(I)cc1. The molecule has 4 heteroatoms. The summed E-state index contributed by atoms with van der Waals surface area (Å²) in [6.07, 6.45) is 0. The van der Waals surface area contributed by atoms with Crippen LogP contribution in [0.15, 0.2) is 48.5 Å². The fourth-order valence-corrected chi connectivity index (χ4v) is 2.25. The topological polar surface area (TPSA) is 29.1 Å². The molecule has 1 N–H and O–H groups in total. The Kier molecular flexibility index (Phi) is 4.77. The fourth-order valence-electron chi connectivity index (χ4n) is 1.54. The minimum absolute atomic E-state index is 0.0851. The summed E-state index contributed by atoms with van der Waals surface area (Å²) in [6.45, 7) is 0. The van der Waals surface area contributed by atoms with E-state index < -0.39 is 0 Å². The van der Waals surface area contributed by atoms with Gasteiger partial charge in [-0.3, -0.25) is 4.79 Å². The number of hydrogen-bond donors (Lipinski definition) is 1. The van der Waals surface area contributed by atoms with Gasteiger partial charge in [0.1, 0.15) is 0 Å². The molecule has 0 fully saturated rings. The lowest BCUT2D eigenvalue weighted by atomic mass is 10.2. The van der Waals surface area contributed by atoms with Crippen LogP contribution in [-0.2, 0) is 5.33 Å². The van der Waals surface area contributed by atoms with E-state index in [4.69, 9.17) is 0 Å². The second kappa shape index (κ2) is 6.33. The molecule has 18 heavy (non-hydrogen) atoms. The van der Waals surface area contributed by atoms with Crippen LogP contribution in [0.25, 0.3) is 0 Å². The normalized spacial score (nSPS) is 10.1. The molecule has 0 bridgehead atoms. The monoisotopic (exact) mass is 415 g/mol. The minimum Gasteiger partial charge on any atom is -0.322 e. The number of halogens is 2. The predicted molar refractivity (Wildman–Crippen MR) is 86.2 cm³/mol. The summed E-state index contributed by atoms with van der Waals surface area (Å²) < 4.78 is 1.12. The van der Waals surface area contributed by atoms with Crippen molar-refractivity contribution in [3.63, 3.8) is 0 Å². The minimum atomic E-state index is -0.0851. The summed E-state index contributed by atoms with van der Waals surface area (Å²) in [5.41, 5.74) is 2.62. The van der Waals surface area contributed by atoms with Crippen molar-refractivity contribution in [2.24, 2.45) is 0 Å². The second-order valence-electron chi connectivity index (χ2n) is 3.80. The molecule has 0 saturated heterocycles. The average molecular weight is 416 g/mol. The molecule has 2 aromatic rings. The van der Waals surface area contributed by atoms with Gasteiger partial charge < -0.3 is 5.32 Å². The molecule has 1 amide bonds. The summed E-state index contributed by atoms with van der Waals surface area (Å²) in [6, 6.07) is 15.3. The molecule has 0 aliphatic rings. The third kappa shape index (κ3) is 3.55. The van der Waals surface area contributed by atoms with E-state index in [0.717, 1.165) is 20.2 Å². The van der Waals surface area contributed by atoms with Gasteiger partial charge in [0.25, 0.3) is 5.91 Å². The Morgan fingerprint density at radius 3 is 2.56 bits per heavy atom. The largest absolute Gasteiger partial charge is 0.322 e. The van der Waals surface area contributed by atoms with Gasteiger partial charge in [0, 0.05) is 20.2 Å². The van der Waals surface area contributed by atoms with E-state index in [2.05, 4.69) is 43.8 Å². The Bertz CT molecular complexity index is 554. The number of carbonyl (C=O) groups is 1. The molecule has 0 saturated carbocycles. The zero-order chi connectivity index (χ0) is 13.0. The van der Waals surface area contributed by atoms with Crippen molar-refractivity contribution in [2.45, 2.75) is 5.33 Å². The van der Waals surface area contributed by atoms with Crippen molar-refractivity contribution in [2.75, 3.05) is 5.32 Å². The zero-order valence-corrected chi connectivity index (χ0v) is 13.2. The lowest BCUT2D eigenvalue weighted by Crippen LogP contribution is -2.11. The van der Waals surface area contributed by atoms with Crippen molar-refractivity contribution >= 4 is 50.1 Å². The average Bonchev–Trinajstić information content (AvgIpc) is 2.39. The molecule has 92 valence electrons. The van der Waals surface area contributed by atoms with E-state index in [1.54, 1.807) is 0 Å². The van der Waals surface area contributed by atoms with Gasteiger partial charge >= 0.3 is 0 Å². The van der Waals surface area contributed by atoms with Gasteiger partial charge in [0.05, 0.1) is 0 Å². The highest BCUT2D eigenvalue weighted by molar-refractivity contribution is 14.1. The summed E-state index contributed by atoms with van der Waals surface area (Å²) in [4.78, 5) is 12.0. The molecule has 0 heterocycles. The van der Waals surface area contributed by atoms with Gasteiger partial charge in [0.15, 0.2) is 0 Å². The maximum atomic E-state index is 12.0. The van der Waals surface area contributed by atoms with E-state index in [9.17, 15) is 4.79 Å². The van der Waals surface area contributed by atoms with Gasteiger partial charge in [-0.05, 0) is 64.6 Å². The van der Waals surface area contributed by atoms with Gasteiger partial charge in [-0.15, -0.1) is 0 Å².